The van der Waals surface area contributed by atoms with Gasteiger partial charge in [-0.25, -0.2) is 0 Å². The molecule has 2 fully saturated rings. The van der Waals surface area contributed by atoms with Gasteiger partial charge in [0.2, 0.25) is 0 Å². The Balaban J connectivity index is 1.81. The average Bonchev–Trinajstić information content (AvgIpc) is 3.07. The second-order valence-corrected chi connectivity index (χ2v) is 7.11. The lowest BCUT2D eigenvalue weighted by Gasteiger charge is -2.20. The van der Waals surface area contributed by atoms with E-state index in [1.54, 1.807) is 0 Å². The summed E-state index contributed by atoms with van der Waals surface area (Å²) >= 11 is 0. The summed E-state index contributed by atoms with van der Waals surface area (Å²) in [6.45, 7) is 1.69. The number of hydrogen-bond donors (Lipinski definition) is 2. The van der Waals surface area contributed by atoms with Gasteiger partial charge in [0.15, 0.2) is 0 Å². The standard InChI is InChI=1S/C11H21N3O4S/c1-13(6-5-11(15)16)19(17,18)12-9-4-7-14(8-9)10-2-3-10/h9-10,12H,2-8H2,1H3,(H,15,16). The molecule has 2 aliphatic rings. The van der Waals surface area contributed by atoms with E-state index >= 15 is 0 Å². The van der Waals surface area contributed by atoms with Crippen molar-refractivity contribution in [2.24, 2.45) is 0 Å². The Hall–Kier alpha value is -0.700. The monoisotopic (exact) mass is 291 g/mol. The first-order valence-corrected chi connectivity index (χ1v) is 8.02. The van der Waals surface area contributed by atoms with Crippen LogP contribution in [0.25, 0.3) is 0 Å². The fraction of sp³-hybridized carbons (Fsp3) is 0.909. The Morgan fingerprint density at radius 3 is 2.68 bits per heavy atom. The number of nitrogens with one attached hydrogen (secondary N) is 1. The first-order valence-electron chi connectivity index (χ1n) is 6.58. The summed E-state index contributed by atoms with van der Waals surface area (Å²) in [7, 11) is -2.17. The molecule has 0 aromatic heterocycles. The second-order valence-electron chi connectivity index (χ2n) is 5.30. The second kappa shape index (κ2) is 5.74. The molecule has 0 radical (unpaired) electrons. The van der Waals surface area contributed by atoms with Crippen LogP contribution in [0.5, 0.6) is 0 Å². The molecule has 2 N–H and O–H groups in total. The van der Waals surface area contributed by atoms with Crippen molar-refractivity contribution in [3.8, 4) is 0 Å². The third-order valence-electron chi connectivity index (χ3n) is 3.65. The minimum Gasteiger partial charge on any atom is -0.481 e. The van der Waals surface area contributed by atoms with Gasteiger partial charge in [-0.1, -0.05) is 0 Å². The van der Waals surface area contributed by atoms with Crippen LogP contribution < -0.4 is 4.72 Å². The van der Waals surface area contributed by atoms with Crippen LogP contribution in [0, 0.1) is 0 Å². The van der Waals surface area contributed by atoms with Crippen molar-refractivity contribution in [3.63, 3.8) is 0 Å². The van der Waals surface area contributed by atoms with Crippen molar-refractivity contribution >= 4 is 16.2 Å². The molecule has 110 valence electrons. The normalized spacial score (nSPS) is 25.1. The summed E-state index contributed by atoms with van der Waals surface area (Å²) in [4.78, 5) is 12.8. The smallest absolute Gasteiger partial charge is 0.304 e. The largest absolute Gasteiger partial charge is 0.481 e. The zero-order valence-corrected chi connectivity index (χ0v) is 11.9. The van der Waals surface area contributed by atoms with Gasteiger partial charge in [-0.2, -0.15) is 17.4 Å². The zero-order valence-electron chi connectivity index (χ0n) is 11.1. The van der Waals surface area contributed by atoms with Crippen molar-refractivity contribution < 1.29 is 18.3 Å². The number of carboxylic acids is 1. The van der Waals surface area contributed by atoms with E-state index < -0.39 is 16.2 Å². The number of carboxylic acid groups (broad SMARTS) is 1. The number of aliphatic carboxylic acids is 1. The van der Waals surface area contributed by atoms with Crippen molar-refractivity contribution in [1.82, 2.24) is 13.9 Å². The summed E-state index contributed by atoms with van der Waals surface area (Å²) < 4.78 is 27.7. The van der Waals surface area contributed by atoms with Crippen LogP contribution in [0.1, 0.15) is 25.7 Å². The Labute approximate surface area is 113 Å². The predicted octanol–water partition coefficient (Wildman–Crippen LogP) is -0.536. The summed E-state index contributed by atoms with van der Waals surface area (Å²) in [6.07, 6.45) is 3.08. The molecule has 0 aromatic rings. The van der Waals surface area contributed by atoms with Crippen LogP contribution in [-0.4, -0.2) is 67.5 Å². The number of carbonyl (C=O) groups is 1. The summed E-state index contributed by atoms with van der Waals surface area (Å²) in [6, 6.07) is 0.595. The van der Waals surface area contributed by atoms with Crippen LogP contribution in [0.15, 0.2) is 0 Å². The highest BCUT2D eigenvalue weighted by molar-refractivity contribution is 7.87. The fourth-order valence-corrected chi connectivity index (χ4v) is 3.45. The van der Waals surface area contributed by atoms with Crippen molar-refractivity contribution in [2.45, 2.75) is 37.8 Å². The molecule has 1 atom stereocenters. The average molecular weight is 291 g/mol. The molecule has 1 unspecified atom stereocenters. The first kappa shape index (κ1) is 14.7. The van der Waals surface area contributed by atoms with Gasteiger partial charge in [0.1, 0.15) is 0 Å². The number of hydrogen-bond acceptors (Lipinski definition) is 4. The maximum atomic E-state index is 12.0. The Morgan fingerprint density at radius 1 is 1.42 bits per heavy atom. The van der Waals surface area contributed by atoms with Crippen LogP contribution in [-0.2, 0) is 15.0 Å². The Bertz CT molecular complexity index is 435. The number of rotatable bonds is 7. The highest BCUT2D eigenvalue weighted by Crippen LogP contribution is 2.29. The van der Waals surface area contributed by atoms with E-state index in [0.717, 1.165) is 23.8 Å². The van der Waals surface area contributed by atoms with Gasteiger partial charge in [-0.3, -0.25) is 9.69 Å². The molecule has 1 heterocycles. The van der Waals surface area contributed by atoms with E-state index in [0.29, 0.717) is 6.04 Å². The molecule has 8 heteroatoms. The molecule has 1 saturated carbocycles. The van der Waals surface area contributed by atoms with E-state index in [4.69, 9.17) is 5.11 Å². The van der Waals surface area contributed by atoms with Crippen molar-refractivity contribution in [1.29, 1.82) is 0 Å². The maximum absolute atomic E-state index is 12.0. The molecule has 0 amide bonds. The molecule has 0 spiro atoms. The summed E-state index contributed by atoms with van der Waals surface area (Å²) in [5.74, 6) is -0.997. The number of nitrogens with zero attached hydrogens (tertiary/aromatic N) is 2. The fourth-order valence-electron chi connectivity index (χ4n) is 2.33. The van der Waals surface area contributed by atoms with Crippen molar-refractivity contribution in [2.75, 3.05) is 26.7 Å². The van der Waals surface area contributed by atoms with E-state index in [-0.39, 0.29) is 19.0 Å². The summed E-state index contributed by atoms with van der Waals surface area (Å²) in [5.41, 5.74) is 0. The van der Waals surface area contributed by atoms with E-state index in [1.807, 2.05) is 0 Å². The minimum atomic E-state index is -3.57. The quantitative estimate of drug-likeness (QED) is 0.658. The lowest BCUT2D eigenvalue weighted by atomic mass is 10.3. The van der Waals surface area contributed by atoms with E-state index in [2.05, 4.69) is 9.62 Å². The molecule has 1 aliphatic heterocycles. The first-order chi connectivity index (χ1) is 8.88. The van der Waals surface area contributed by atoms with Gasteiger partial charge < -0.3 is 5.11 Å². The Kier molecular flexibility index (Phi) is 4.44. The molecular weight excluding hydrogens is 270 g/mol. The third kappa shape index (κ3) is 4.13. The molecule has 19 heavy (non-hydrogen) atoms. The highest BCUT2D eigenvalue weighted by Gasteiger charge is 2.36. The van der Waals surface area contributed by atoms with Gasteiger partial charge in [0.25, 0.3) is 10.2 Å². The third-order valence-corrected chi connectivity index (χ3v) is 5.28. The lowest BCUT2D eigenvalue weighted by Crippen LogP contribution is -2.45. The van der Waals surface area contributed by atoms with Gasteiger partial charge in [0, 0.05) is 38.8 Å². The molecule has 0 bridgehead atoms. The van der Waals surface area contributed by atoms with Gasteiger partial charge >= 0.3 is 5.97 Å². The lowest BCUT2D eigenvalue weighted by molar-refractivity contribution is -0.137. The SMILES string of the molecule is CN(CCC(=O)O)S(=O)(=O)NC1CCN(C2CC2)C1. The number of likely N-dealkylation sites (tertiary alicyclic amines) is 1. The highest BCUT2D eigenvalue weighted by atomic mass is 32.2. The molecule has 2 rings (SSSR count). The van der Waals surface area contributed by atoms with Crippen LogP contribution >= 0.6 is 0 Å². The van der Waals surface area contributed by atoms with E-state index in [9.17, 15) is 13.2 Å². The van der Waals surface area contributed by atoms with Crippen LogP contribution in [0.4, 0.5) is 0 Å². The van der Waals surface area contributed by atoms with Crippen molar-refractivity contribution in [3.05, 3.63) is 0 Å². The topological polar surface area (TPSA) is 90.0 Å². The maximum Gasteiger partial charge on any atom is 0.304 e. The molecule has 1 aliphatic carbocycles. The van der Waals surface area contributed by atoms with Gasteiger partial charge in [-0.05, 0) is 19.3 Å². The summed E-state index contributed by atoms with van der Waals surface area (Å²) in [5, 5.41) is 8.57. The van der Waals surface area contributed by atoms with E-state index in [1.165, 1.54) is 19.9 Å². The van der Waals surface area contributed by atoms with Gasteiger partial charge in [-0.15, -0.1) is 0 Å². The molecule has 1 saturated heterocycles. The molecule has 7 nitrogen and oxygen atoms in total. The zero-order chi connectivity index (χ0) is 14.0. The minimum absolute atomic E-state index is 0.0102. The van der Waals surface area contributed by atoms with Crippen LogP contribution in [0.3, 0.4) is 0 Å². The van der Waals surface area contributed by atoms with Gasteiger partial charge in [0.05, 0.1) is 6.42 Å². The van der Waals surface area contributed by atoms with Crippen LogP contribution in [0.2, 0.25) is 0 Å². The predicted molar refractivity (Wildman–Crippen MR) is 69.9 cm³/mol. The molecular formula is C11H21N3O4S. The Morgan fingerprint density at radius 2 is 2.11 bits per heavy atom. The molecule has 0 aromatic carbocycles.